The molecule has 0 spiro atoms. The van der Waals surface area contributed by atoms with Crippen LogP contribution in [0.1, 0.15) is 23.6 Å². The molecule has 1 fully saturated rings. The van der Waals surface area contributed by atoms with Gasteiger partial charge in [-0.05, 0) is 67.8 Å². The summed E-state index contributed by atoms with van der Waals surface area (Å²) in [5.74, 6) is -1.32. The van der Waals surface area contributed by atoms with Gasteiger partial charge in [-0.3, -0.25) is 14.9 Å². The van der Waals surface area contributed by atoms with Gasteiger partial charge in [0.05, 0.1) is 5.69 Å². The predicted molar refractivity (Wildman–Crippen MR) is 110 cm³/mol. The van der Waals surface area contributed by atoms with Gasteiger partial charge in [0.25, 0.3) is 11.8 Å². The summed E-state index contributed by atoms with van der Waals surface area (Å²) in [6.07, 6.45) is 1.51. The van der Waals surface area contributed by atoms with Crippen molar-refractivity contribution < 1.29 is 14.4 Å². The highest BCUT2D eigenvalue weighted by Gasteiger charge is 2.36. The molecular formula is C22H23N3O3. The van der Waals surface area contributed by atoms with Crippen molar-refractivity contribution in [1.82, 2.24) is 5.32 Å². The molecule has 0 saturated carbocycles. The average Bonchev–Trinajstić information content (AvgIpc) is 2.67. The van der Waals surface area contributed by atoms with Crippen LogP contribution in [0.15, 0.2) is 48.0 Å². The van der Waals surface area contributed by atoms with Crippen molar-refractivity contribution in [3.63, 3.8) is 0 Å². The predicted octanol–water partition coefficient (Wildman–Crippen LogP) is 3.43. The van der Waals surface area contributed by atoms with Crippen LogP contribution < -0.4 is 15.1 Å². The molecule has 4 amide bonds. The van der Waals surface area contributed by atoms with E-state index in [0.717, 1.165) is 28.3 Å². The second-order valence-corrected chi connectivity index (χ2v) is 6.83. The fourth-order valence-electron chi connectivity index (χ4n) is 2.93. The maximum atomic E-state index is 12.9. The molecule has 1 aliphatic rings. The van der Waals surface area contributed by atoms with Crippen molar-refractivity contribution >= 4 is 35.3 Å². The van der Waals surface area contributed by atoms with E-state index in [0.29, 0.717) is 11.3 Å². The van der Waals surface area contributed by atoms with Gasteiger partial charge < -0.3 is 4.90 Å². The highest BCUT2D eigenvalue weighted by Crippen LogP contribution is 2.24. The molecule has 2 aromatic carbocycles. The van der Waals surface area contributed by atoms with E-state index >= 15 is 0 Å². The van der Waals surface area contributed by atoms with E-state index in [2.05, 4.69) is 17.1 Å². The Morgan fingerprint density at radius 2 is 1.68 bits per heavy atom. The van der Waals surface area contributed by atoms with Crippen molar-refractivity contribution in [2.24, 2.45) is 0 Å². The summed E-state index contributed by atoms with van der Waals surface area (Å²) in [6, 6.07) is 12.1. The fourth-order valence-corrected chi connectivity index (χ4v) is 2.93. The van der Waals surface area contributed by atoms with Crippen molar-refractivity contribution in [3.8, 4) is 0 Å². The summed E-state index contributed by atoms with van der Waals surface area (Å²) in [4.78, 5) is 40.6. The van der Waals surface area contributed by atoms with Gasteiger partial charge in [-0.2, -0.15) is 0 Å². The smallest absolute Gasteiger partial charge is 0.335 e. The number of benzene rings is 2. The maximum Gasteiger partial charge on any atom is 0.335 e. The molecule has 0 atom stereocenters. The van der Waals surface area contributed by atoms with Gasteiger partial charge in [0.15, 0.2) is 0 Å². The van der Waals surface area contributed by atoms with E-state index in [9.17, 15) is 14.4 Å². The first-order valence-electron chi connectivity index (χ1n) is 9.11. The van der Waals surface area contributed by atoms with Gasteiger partial charge in [0, 0.05) is 19.3 Å². The average molecular weight is 377 g/mol. The summed E-state index contributed by atoms with van der Waals surface area (Å²) in [5, 5.41) is 2.25. The van der Waals surface area contributed by atoms with Crippen molar-refractivity contribution in [2.45, 2.75) is 20.8 Å². The molecule has 0 bridgehead atoms. The number of nitrogens with one attached hydrogen (secondary N) is 1. The molecule has 1 aliphatic heterocycles. The molecule has 0 aliphatic carbocycles. The van der Waals surface area contributed by atoms with E-state index in [4.69, 9.17) is 0 Å². The molecule has 144 valence electrons. The molecule has 2 aromatic rings. The molecule has 28 heavy (non-hydrogen) atoms. The van der Waals surface area contributed by atoms with Gasteiger partial charge in [0.2, 0.25) is 0 Å². The minimum absolute atomic E-state index is 0.0746. The van der Waals surface area contributed by atoms with E-state index < -0.39 is 17.8 Å². The summed E-state index contributed by atoms with van der Waals surface area (Å²) >= 11 is 0. The molecule has 1 N–H and O–H groups in total. The number of anilines is 2. The number of carbonyl (C=O) groups is 3. The Balaban J connectivity index is 1.95. The maximum absolute atomic E-state index is 12.9. The van der Waals surface area contributed by atoms with Crippen LogP contribution in [0.2, 0.25) is 0 Å². The van der Waals surface area contributed by atoms with Crippen molar-refractivity contribution in [2.75, 3.05) is 23.4 Å². The number of imide groups is 2. The number of aryl methyl sites for hydroxylation is 2. The Kier molecular flexibility index (Phi) is 5.31. The lowest BCUT2D eigenvalue weighted by Crippen LogP contribution is -2.54. The second-order valence-electron chi connectivity index (χ2n) is 6.83. The Bertz CT molecular complexity index is 977. The van der Waals surface area contributed by atoms with Crippen LogP contribution in [0.4, 0.5) is 16.2 Å². The van der Waals surface area contributed by atoms with Gasteiger partial charge in [-0.1, -0.05) is 18.2 Å². The van der Waals surface area contributed by atoms with Gasteiger partial charge >= 0.3 is 6.03 Å². The minimum Gasteiger partial charge on any atom is -0.375 e. The SMILES string of the molecule is CCN(C)c1ccc(/C=C2\C(=O)NC(=O)N(c3ccc(C)c(C)c3)C2=O)cc1. The second kappa shape index (κ2) is 7.68. The van der Waals surface area contributed by atoms with Crippen LogP contribution in [0.3, 0.4) is 0 Å². The zero-order valence-electron chi connectivity index (χ0n) is 16.4. The zero-order chi connectivity index (χ0) is 20.4. The van der Waals surface area contributed by atoms with Gasteiger partial charge in [-0.15, -0.1) is 0 Å². The van der Waals surface area contributed by atoms with Gasteiger partial charge in [0.1, 0.15) is 5.57 Å². The number of amides is 4. The number of carbonyl (C=O) groups excluding carboxylic acids is 3. The monoisotopic (exact) mass is 377 g/mol. The number of nitrogens with zero attached hydrogens (tertiary/aromatic N) is 2. The summed E-state index contributed by atoms with van der Waals surface area (Å²) < 4.78 is 0. The molecule has 6 nitrogen and oxygen atoms in total. The first-order chi connectivity index (χ1) is 13.3. The molecule has 6 heteroatoms. The first-order valence-corrected chi connectivity index (χ1v) is 9.11. The Morgan fingerprint density at radius 3 is 2.29 bits per heavy atom. The lowest BCUT2D eigenvalue weighted by atomic mass is 10.0. The Labute approximate surface area is 164 Å². The van der Waals surface area contributed by atoms with Crippen LogP contribution in [-0.2, 0) is 9.59 Å². The number of hydrogen-bond donors (Lipinski definition) is 1. The third-order valence-electron chi connectivity index (χ3n) is 4.97. The molecule has 3 rings (SSSR count). The Hall–Kier alpha value is -3.41. The fraction of sp³-hybridized carbons (Fsp3) is 0.227. The lowest BCUT2D eigenvalue weighted by molar-refractivity contribution is -0.122. The van der Waals surface area contributed by atoms with Crippen LogP contribution in [0.5, 0.6) is 0 Å². The Morgan fingerprint density at radius 1 is 1.00 bits per heavy atom. The quantitative estimate of drug-likeness (QED) is 0.655. The van der Waals surface area contributed by atoms with E-state index in [-0.39, 0.29) is 5.57 Å². The highest BCUT2D eigenvalue weighted by atomic mass is 16.2. The van der Waals surface area contributed by atoms with E-state index in [1.54, 1.807) is 12.1 Å². The molecule has 0 aromatic heterocycles. The van der Waals surface area contributed by atoms with Crippen molar-refractivity contribution in [3.05, 3.63) is 64.7 Å². The van der Waals surface area contributed by atoms with Gasteiger partial charge in [-0.25, -0.2) is 9.69 Å². The lowest BCUT2D eigenvalue weighted by Gasteiger charge is -2.27. The molecular weight excluding hydrogens is 354 g/mol. The van der Waals surface area contributed by atoms with Crippen LogP contribution in [0.25, 0.3) is 6.08 Å². The minimum atomic E-state index is -0.740. The third-order valence-corrected chi connectivity index (χ3v) is 4.97. The standard InChI is InChI=1S/C22H23N3O3/c1-5-24(4)17-10-7-16(8-11-17)13-19-20(26)23-22(28)25(21(19)27)18-9-6-14(2)15(3)12-18/h6-13H,5H2,1-4H3,(H,23,26,28)/b19-13+. The molecule has 0 radical (unpaired) electrons. The summed E-state index contributed by atoms with van der Waals surface area (Å²) in [7, 11) is 1.98. The summed E-state index contributed by atoms with van der Waals surface area (Å²) in [6.45, 7) is 6.78. The third kappa shape index (κ3) is 3.67. The topological polar surface area (TPSA) is 69.7 Å². The largest absolute Gasteiger partial charge is 0.375 e. The number of rotatable bonds is 4. The van der Waals surface area contributed by atoms with Crippen LogP contribution >= 0.6 is 0 Å². The normalized spacial score (nSPS) is 15.8. The number of hydrogen-bond acceptors (Lipinski definition) is 4. The van der Waals surface area contributed by atoms with E-state index in [1.165, 1.54) is 6.08 Å². The van der Waals surface area contributed by atoms with E-state index in [1.807, 2.05) is 51.2 Å². The number of urea groups is 1. The first kappa shape index (κ1) is 19.4. The summed E-state index contributed by atoms with van der Waals surface area (Å²) in [5.41, 5.74) is 4.12. The molecule has 1 heterocycles. The van der Waals surface area contributed by atoms with Crippen LogP contribution in [0, 0.1) is 13.8 Å². The zero-order valence-corrected chi connectivity index (χ0v) is 16.4. The highest BCUT2D eigenvalue weighted by molar-refractivity contribution is 6.39. The number of barbiturate groups is 1. The molecule has 1 saturated heterocycles. The van der Waals surface area contributed by atoms with Crippen molar-refractivity contribution in [1.29, 1.82) is 0 Å². The van der Waals surface area contributed by atoms with Crippen LogP contribution in [-0.4, -0.2) is 31.4 Å². The molecule has 0 unspecified atom stereocenters.